The van der Waals surface area contributed by atoms with Crippen molar-refractivity contribution in [3.05, 3.63) is 30.3 Å². The van der Waals surface area contributed by atoms with Crippen LogP contribution in [0.3, 0.4) is 0 Å². The Morgan fingerprint density at radius 2 is 1.56 bits per heavy atom. The van der Waals surface area contributed by atoms with Crippen molar-refractivity contribution < 1.29 is 20.8 Å². The maximum absolute atomic E-state index is 10.7. The van der Waals surface area contributed by atoms with Crippen LogP contribution in [-0.2, 0) is 0 Å². The van der Waals surface area contributed by atoms with Gasteiger partial charge in [-0.25, -0.2) is 30.3 Å². The Balaban J connectivity index is 2.98. The number of hydrogen-bond acceptors (Lipinski definition) is 6. The number of rotatable bonds is 5. The molecule has 102 valence electrons. The normalized spacial score (nSPS) is 18.3. The van der Waals surface area contributed by atoms with Crippen LogP contribution < -0.4 is 11.2 Å². The molecule has 18 heavy (non-hydrogen) atoms. The van der Waals surface area contributed by atoms with Gasteiger partial charge in [-0.3, -0.25) is 0 Å². The van der Waals surface area contributed by atoms with E-state index in [1.54, 1.807) is 0 Å². The summed E-state index contributed by atoms with van der Waals surface area (Å²) in [7, 11) is 0. The molecule has 0 aromatic rings. The molecule has 0 atom stereocenters. The van der Waals surface area contributed by atoms with Crippen LogP contribution in [0, 0.1) is 30.3 Å². The fraction of sp³-hybridized carbons (Fsp3) is 1.00. The Morgan fingerprint density at radius 3 is 1.83 bits per heavy atom. The van der Waals surface area contributed by atoms with Gasteiger partial charge in [0.15, 0.2) is 20.6 Å². The molecule has 1 fully saturated rings. The predicted molar refractivity (Wildman–Crippen MR) is 52.9 cm³/mol. The monoisotopic (exact) mass is 266 g/mol. The van der Waals surface area contributed by atoms with Gasteiger partial charge in [-0.15, -0.1) is 15.4 Å². The minimum Gasteiger partial charge on any atom is -0.355 e. The second-order valence-electron chi connectivity index (χ2n) is 3.85. The standard InChI is InChI=1S/C5H11N7O6/c6-1-5(7-10(13)14)2-8(11(15)16)4-9(3-5)12(17)18/h7H,1-4,6H2/p+1. The molecule has 0 aliphatic carbocycles. The van der Waals surface area contributed by atoms with Crippen molar-refractivity contribution in [2.45, 2.75) is 5.54 Å². The van der Waals surface area contributed by atoms with Crippen molar-refractivity contribution in [1.29, 1.82) is 0 Å². The highest BCUT2D eigenvalue weighted by Crippen LogP contribution is 2.15. The molecule has 0 aromatic carbocycles. The van der Waals surface area contributed by atoms with Gasteiger partial charge in [0.2, 0.25) is 6.67 Å². The van der Waals surface area contributed by atoms with Crippen LogP contribution in [-0.4, -0.2) is 57.0 Å². The molecule has 13 heteroatoms. The lowest BCUT2D eigenvalue weighted by Crippen LogP contribution is -2.77. The lowest BCUT2D eigenvalue weighted by atomic mass is 9.98. The summed E-state index contributed by atoms with van der Waals surface area (Å²) in [5.41, 5.74) is 3.90. The van der Waals surface area contributed by atoms with Crippen molar-refractivity contribution in [2.24, 2.45) is 0 Å². The fourth-order valence-electron chi connectivity index (χ4n) is 1.73. The zero-order valence-corrected chi connectivity index (χ0v) is 9.22. The smallest absolute Gasteiger partial charge is 0.207 e. The molecular weight excluding hydrogens is 254 g/mol. The van der Waals surface area contributed by atoms with Crippen molar-refractivity contribution in [2.75, 3.05) is 26.3 Å². The molecule has 1 aliphatic rings. The van der Waals surface area contributed by atoms with Gasteiger partial charge in [0.25, 0.3) is 0 Å². The SMILES string of the molecule is [NH3+]CC1(N[N+](=O)[O-])CN([N+](=O)[O-])CN([N+](=O)[O-])C1. The topological polar surface area (TPSA) is 176 Å². The van der Waals surface area contributed by atoms with E-state index in [-0.39, 0.29) is 19.6 Å². The van der Waals surface area contributed by atoms with E-state index in [4.69, 9.17) is 0 Å². The van der Waals surface area contributed by atoms with E-state index < -0.39 is 27.3 Å². The lowest BCUT2D eigenvalue weighted by molar-refractivity contribution is -0.728. The first-order valence-electron chi connectivity index (χ1n) is 4.79. The van der Waals surface area contributed by atoms with Gasteiger partial charge < -0.3 is 5.73 Å². The van der Waals surface area contributed by atoms with Gasteiger partial charge in [0, 0.05) is 0 Å². The van der Waals surface area contributed by atoms with E-state index in [2.05, 4.69) is 5.73 Å². The van der Waals surface area contributed by atoms with Gasteiger partial charge in [-0.1, -0.05) is 0 Å². The highest BCUT2D eigenvalue weighted by Gasteiger charge is 2.50. The summed E-state index contributed by atoms with van der Waals surface area (Å²) >= 11 is 0. The third-order valence-corrected chi connectivity index (χ3v) is 2.57. The van der Waals surface area contributed by atoms with Crippen molar-refractivity contribution in [3.8, 4) is 0 Å². The Bertz CT molecular complexity index is 351. The van der Waals surface area contributed by atoms with Gasteiger partial charge in [-0.2, -0.15) is 0 Å². The molecule has 1 rings (SSSR count). The third-order valence-electron chi connectivity index (χ3n) is 2.57. The molecule has 0 bridgehead atoms. The lowest BCUT2D eigenvalue weighted by Gasteiger charge is -2.35. The largest absolute Gasteiger partial charge is 0.355 e. The van der Waals surface area contributed by atoms with Crippen LogP contribution >= 0.6 is 0 Å². The zero-order chi connectivity index (χ0) is 13.9. The first-order valence-corrected chi connectivity index (χ1v) is 4.79. The van der Waals surface area contributed by atoms with Crippen LogP contribution in [0.15, 0.2) is 0 Å². The van der Waals surface area contributed by atoms with Gasteiger partial charge in [-0.05, 0) is 0 Å². The van der Waals surface area contributed by atoms with E-state index in [9.17, 15) is 30.3 Å². The summed E-state index contributed by atoms with van der Waals surface area (Å²) in [5.74, 6) is 0. The Labute approximate surface area is 99.5 Å². The zero-order valence-electron chi connectivity index (χ0n) is 9.22. The number of nitro groups is 3. The van der Waals surface area contributed by atoms with Crippen molar-refractivity contribution in [3.63, 3.8) is 0 Å². The number of nitrogens with one attached hydrogen (secondary N) is 1. The summed E-state index contributed by atoms with van der Waals surface area (Å²) in [5, 5.41) is 30.4. The first kappa shape index (κ1) is 13.6. The molecule has 0 radical (unpaired) electrons. The minimum atomic E-state index is -1.44. The Morgan fingerprint density at radius 1 is 1.11 bits per heavy atom. The molecule has 0 saturated carbocycles. The molecule has 0 spiro atoms. The second-order valence-corrected chi connectivity index (χ2v) is 3.85. The number of hydrogen-bond donors (Lipinski definition) is 2. The maximum Gasteiger partial charge on any atom is 0.207 e. The van der Waals surface area contributed by atoms with E-state index in [1.807, 2.05) is 5.43 Å². The quantitative estimate of drug-likeness (QED) is 0.381. The molecule has 0 aromatic heterocycles. The molecule has 0 amide bonds. The summed E-state index contributed by atoms with van der Waals surface area (Å²) in [6, 6.07) is 0. The number of nitrogens with zero attached hydrogens (tertiary/aromatic N) is 5. The summed E-state index contributed by atoms with van der Waals surface area (Å²) in [4.78, 5) is 31.8. The van der Waals surface area contributed by atoms with Crippen LogP contribution in [0.4, 0.5) is 0 Å². The Kier molecular flexibility index (Phi) is 3.65. The summed E-state index contributed by atoms with van der Waals surface area (Å²) < 4.78 is 0. The van der Waals surface area contributed by atoms with Gasteiger partial charge in [0.05, 0.1) is 0 Å². The Hall–Kier alpha value is -2.44. The molecule has 1 heterocycles. The highest BCUT2D eigenvalue weighted by atomic mass is 16.7. The van der Waals surface area contributed by atoms with Crippen LogP contribution in [0.2, 0.25) is 0 Å². The summed E-state index contributed by atoms with van der Waals surface area (Å²) in [6.45, 7) is -1.33. The van der Waals surface area contributed by atoms with Crippen LogP contribution in [0.5, 0.6) is 0 Å². The van der Waals surface area contributed by atoms with Gasteiger partial charge >= 0.3 is 0 Å². The number of quaternary nitrogens is 1. The third kappa shape index (κ3) is 2.82. The maximum atomic E-state index is 10.7. The molecule has 13 nitrogen and oxygen atoms in total. The summed E-state index contributed by atoms with van der Waals surface area (Å²) in [6.07, 6.45) is 0. The molecular formula is C5H12N7O6+. The molecule has 0 unspecified atom stereocenters. The van der Waals surface area contributed by atoms with Crippen molar-refractivity contribution in [1.82, 2.24) is 15.4 Å². The van der Waals surface area contributed by atoms with E-state index in [0.29, 0.717) is 10.0 Å². The molecule has 1 saturated heterocycles. The van der Waals surface area contributed by atoms with Gasteiger partial charge in [0.1, 0.15) is 19.6 Å². The molecule has 1 aliphatic heterocycles. The predicted octanol–water partition coefficient (Wildman–Crippen LogP) is -3.29. The molecule has 4 N–H and O–H groups in total. The van der Waals surface area contributed by atoms with E-state index >= 15 is 0 Å². The average molecular weight is 266 g/mol. The van der Waals surface area contributed by atoms with Crippen LogP contribution in [0.25, 0.3) is 0 Å². The number of hydrazine groups is 3. The van der Waals surface area contributed by atoms with Crippen molar-refractivity contribution >= 4 is 0 Å². The minimum absolute atomic E-state index is 0.108. The fourth-order valence-corrected chi connectivity index (χ4v) is 1.73. The highest BCUT2D eigenvalue weighted by molar-refractivity contribution is 4.90. The second kappa shape index (κ2) is 4.82. The van der Waals surface area contributed by atoms with E-state index in [0.717, 1.165) is 0 Å². The van der Waals surface area contributed by atoms with E-state index in [1.165, 1.54) is 0 Å². The average Bonchev–Trinajstić information content (AvgIpc) is 2.27. The first-order chi connectivity index (χ1) is 8.29. The van der Waals surface area contributed by atoms with Crippen LogP contribution in [0.1, 0.15) is 0 Å².